The maximum Gasteiger partial charge on any atom is 0.0619 e. The summed E-state index contributed by atoms with van der Waals surface area (Å²) in [6, 6.07) is 8.62. The van der Waals surface area contributed by atoms with Crippen LogP contribution in [-0.4, -0.2) is 0 Å². The Labute approximate surface area is 91.3 Å². The van der Waals surface area contributed by atoms with Crippen molar-refractivity contribution in [2.24, 2.45) is 11.8 Å². The van der Waals surface area contributed by atoms with E-state index in [2.05, 4.69) is 45.0 Å². The second kappa shape index (κ2) is 3.58. The summed E-state index contributed by atoms with van der Waals surface area (Å²) in [5.74, 6) is 1.87. The molecule has 0 saturated heterocycles. The van der Waals surface area contributed by atoms with Gasteiger partial charge in [0.1, 0.15) is 0 Å². The van der Waals surface area contributed by atoms with Gasteiger partial charge in [-0.1, -0.05) is 45.0 Å². The first-order valence-electron chi connectivity index (χ1n) is 5.35. The van der Waals surface area contributed by atoms with Gasteiger partial charge in [-0.05, 0) is 28.9 Å². The first-order chi connectivity index (χ1) is 6.63. The lowest BCUT2D eigenvalue weighted by atomic mass is 9.84. The highest BCUT2D eigenvalue weighted by atomic mass is 35.5. The Morgan fingerprint density at radius 3 is 2.29 bits per heavy atom. The highest BCUT2D eigenvalue weighted by molar-refractivity contribution is 6.21. The van der Waals surface area contributed by atoms with E-state index in [9.17, 15) is 0 Å². The summed E-state index contributed by atoms with van der Waals surface area (Å²) >= 11 is 6.43. The standard InChI is InChI=1S/C13H17Cl/c1-8(2)12-9(3)13(14)11-7-5-4-6-10(11)12/h4-9,12-13H,1-3H3. The Kier molecular flexibility index (Phi) is 2.57. The molecule has 1 aromatic rings. The van der Waals surface area contributed by atoms with E-state index in [1.807, 2.05) is 0 Å². The van der Waals surface area contributed by atoms with Gasteiger partial charge in [0, 0.05) is 0 Å². The van der Waals surface area contributed by atoms with Crippen molar-refractivity contribution in [3.63, 3.8) is 0 Å². The summed E-state index contributed by atoms with van der Waals surface area (Å²) in [6.45, 7) is 6.84. The fourth-order valence-corrected chi connectivity index (χ4v) is 3.14. The molecule has 1 aliphatic rings. The number of alkyl halides is 1. The molecule has 0 radical (unpaired) electrons. The van der Waals surface area contributed by atoms with Crippen LogP contribution in [0.25, 0.3) is 0 Å². The van der Waals surface area contributed by atoms with Crippen molar-refractivity contribution in [1.29, 1.82) is 0 Å². The maximum atomic E-state index is 6.43. The molecule has 0 bridgehead atoms. The summed E-state index contributed by atoms with van der Waals surface area (Å²) in [5.41, 5.74) is 2.82. The Morgan fingerprint density at radius 1 is 1.14 bits per heavy atom. The minimum atomic E-state index is 0.207. The monoisotopic (exact) mass is 208 g/mol. The van der Waals surface area contributed by atoms with Gasteiger partial charge in [-0.15, -0.1) is 11.6 Å². The lowest BCUT2D eigenvalue weighted by Gasteiger charge is -2.21. The van der Waals surface area contributed by atoms with Crippen molar-refractivity contribution < 1.29 is 0 Å². The summed E-state index contributed by atoms with van der Waals surface area (Å²) in [6.07, 6.45) is 0. The van der Waals surface area contributed by atoms with E-state index in [4.69, 9.17) is 11.6 Å². The van der Waals surface area contributed by atoms with Crippen LogP contribution in [0.5, 0.6) is 0 Å². The zero-order valence-electron chi connectivity index (χ0n) is 9.00. The highest BCUT2D eigenvalue weighted by Gasteiger charge is 2.37. The van der Waals surface area contributed by atoms with E-state index in [-0.39, 0.29) is 5.38 Å². The molecular formula is C13H17Cl. The molecule has 0 nitrogen and oxygen atoms in total. The fraction of sp³-hybridized carbons (Fsp3) is 0.538. The van der Waals surface area contributed by atoms with Gasteiger partial charge in [0.25, 0.3) is 0 Å². The molecule has 0 amide bonds. The van der Waals surface area contributed by atoms with Crippen molar-refractivity contribution in [2.45, 2.75) is 32.1 Å². The van der Waals surface area contributed by atoms with Crippen LogP contribution in [0.2, 0.25) is 0 Å². The van der Waals surface area contributed by atoms with E-state index in [0.717, 1.165) is 0 Å². The molecule has 0 heterocycles. The van der Waals surface area contributed by atoms with Gasteiger partial charge >= 0.3 is 0 Å². The summed E-state index contributed by atoms with van der Waals surface area (Å²) in [7, 11) is 0. The summed E-state index contributed by atoms with van der Waals surface area (Å²) in [4.78, 5) is 0. The topological polar surface area (TPSA) is 0 Å². The number of hydrogen-bond donors (Lipinski definition) is 0. The predicted molar refractivity (Wildman–Crippen MR) is 61.8 cm³/mol. The van der Waals surface area contributed by atoms with Crippen molar-refractivity contribution in [1.82, 2.24) is 0 Å². The summed E-state index contributed by atoms with van der Waals surface area (Å²) in [5, 5.41) is 0.207. The highest BCUT2D eigenvalue weighted by Crippen LogP contribution is 2.51. The van der Waals surface area contributed by atoms with Crippen LogP contribution in [0, 0.1) is 11.8 Å². The number of fused-ring (bicyclic) bond motifs is 1. The molecule has 0 aromatic heterocycles. The van der Waals surface area contributed by atoms with Crippen molar-refractivity contribution in [3.05, 3.63) is 35.4 Å². The molecule has 14 heavy (non-hydrogen) atoms. The smallest absolute Gasteiger partial charge is 0.0619 e. The Bertz CT molecular complexity index is 330. The zero-order chi connectivity index (χ0) is 10.3. The van der Waals surface area contributed by atoms with E-state index in [1.165, 1.54) is 11.1 Å². The lowest BCUT2D eigenvalue weighted by molar-refractivity contribution is 0.387. The van der Waals surface area contributed by atoms with E-state index >= 15 is 0 Å². The number of benzene rings is 1. The van der Waals surface area contributed by atoms with Gasteiger partial charge in [-0.2, -0.15) is 0 Å². The lowest BCUT2D eigenvalue weighted by Crippen LogP contribution is -2.11. The molecule has 0 fully saturated rings. The van der Waals surface area contributed by atoms with Crippen LogP contribution in [0.1, 0.15) is 43.2 Å². The van der Waals surface area contributed by atoms with Crippen LogP contribution in [0.15, 0.2) is 24.3 Å². The number of hydrogen-bond acceptors (Lipinski definition) is 0. The average Bonchev–Trinajstić information content (AvgIpc) is 2.41. The molecular weight excluding hydrogens is 192 g/mol. The van der Waals surface area contributed by atoms with Crippen molar-refractivity contribution in [3.8, 4) is 0 Å². The molecule has 1 aromatic carbocycles. The minimum absolute atomic E-state index is 0.207. The van der Waals surface area contributed by atoms with E-state index in [0.29, 0.717) is 17.8 Å². The quantitative estimate of drug-likeness (QED) is 0.602. The number of rotatable bonds is 1. The van der Waals surface area contributed by atoms with Gasteiger partial charge in [0.15, 0.2) is 0 Å². The molecule has 0 spiro atoms. The number of halogens is 1. The van der Waals surface area contributed by atoms with Crippen molar-refractivity contribution >= 4 is 11.6 Å². The molecule has 2 rings (SSSR count). The fourth-order valence-electron chi connectivity index (χ4n) is 2.78. The summed E-state index contributed by atoms with van der Waals surface area (Å²) < 4.78 is 0. The third-order valence-corrected chi connectivity index (χ3v) is 4.03. The Balaban J connectivity index is 2.48. The first kappa shape index (κ1) is 10.0. The minimum Gasteiger partial charge on any atom is -0.117 e. The molecule has 1 aliphatic carbocycles. The van der Waals surface area contributed by atoms with Gasteiger partial charge in [0.2, 0.25) is 0 Å². The second-order valence-corrected chi connectivity index (χ2v) is 5.13. The molecule has 3 atom stereocenters. The van der Waals surface area contributed by atoms with Gasteiger partial charge in [0.05, 0.1) is 5.38 Å². The van der Waals surface area contributed by atoms with Gasteiger partial charge in [-0.3, -0.25) is 0 Å². The van der Waals surface area contributed by atoms with Gasteiger partial charge in [-0.25, -0.2) is 0 Å². The molecule has 76 valence electrons. The molecule has 0 aliphatic heterocycles. The van der Waals surface area contributed by atoms with E-state index in [1.54, 1.807) is 0 Å². The SMILES string of the molecule is CC(C)C1c2ccccc2C(Cl)C1C. The predicted octanol–water partition coefficient (Wildman–Crippen LogP) is 4.36. The molecule has 3 unspecified atom stereocenters. The largest absolute Gasteiger partial charge is 0.117 e. The van der Waals surface area contributed by atoms with Crippen LogP contribution in [0.4, 0.5) is 0 Å². The van der Waals surface area contributed by atoms with Gasteiger partial charge < -0.3 is 0 Å². The van der Waals surface area contributed by atoms with E-state index < -0.39 is 0 Å². The van der Waals surface area contributed by atoms with Crippen LogP contribution in [-0.2, 0) is 0 Å². The first-order valence-corrected chi connectivity index (χ1v) is 5.79. The molecule has 0 saturated carbocycles. The third kappa shape index (κ3) is 1.37. The van der Waals surface area contributed by atoms with Crippen LogP contribution < -0.4 is 0 Å². The second-order valence-electron chi connectivity index (χ2n) is 4.66. The van der Waals surface area contributed by atoms with Crippen LogP contribution >= 0.6 is 11.6 Å². The zero-order valence-corrected chi connectivity index (χ0v) is 9.75. The van der Waals surface area contributed by atoms with Crippen molar-refractivity contribution in [2.75, 3.05) is 0 Å². The normalized spacial score (nSPS) is 30.8. The Morgan fingerprint density at radius 2 is 1.71 bits per heavy atom. The van der Waals surface area contributed by atoms with Crippen LogP contribution in [0.3, 0.4) is 0 Å². The molecule has 1 heteroatoms. The Hall–Kier alpha value is -0.490. The average molecular weight is 209 g/mol. The third-order valence-electron chi connectivity index (χ3n) is 3.40. The molecule has 0 N–H and O–H groups in total. The maximum absolute atomic E-state index is 6.43.